The number of fused-ring (bicyclic) bond motifs is 1. The van der Waals surface area contributed by atoms with Gasteiger partial charge in [-0.3, -0.25) is 4.79 Å². The van der Waals surface area contributed by atoms with Crippen LogP contribution in [-0.4, -0.2) is 39.4 Å². The van der Waals surface area contributed by atoms with Crippen LogP contribution in [0.5, 0.6) is 11.5 Å². The minimum Gasteiger partial charge on any atom is -0.493 e. The Morgan fingerprint density at radius 2 is 1.97 bits per heavy atom. The van der Waals surface area contributed by atoms with Crippen LogP contribution in [0.3, 0.4) is 0 Å². The van der Waals surface area contributed by atoms with Gasteiger partial charge in [-0.05, 0) is 42.3 Å². The fraction of sp³-hybridized carbons (Fsp3) is 0.217. The Balaban J connectivity index is 1.60. The molecule has 0 fully saturated rings. The molecule has 0 bridgehead atoms. The summed E-state index contributed by atoms with van der Waals surface area (Å²) in [6.45, 7) is 2.75. The van der Waals surface area contributed by atoms with Gasteiger partial charge in [0.1, 0.15) is 11.7 Å². The molecule has 0 radical (unpaired) electrons. The number of ether oxygens (including phenoxy) is 2. The van der Waals surface area contributed by atoms with E-state index >= 15 is 0 Å². The van der Waals surface area contributed by atoms with Gasteiger partial charge in [-0.15, -0.1) is 0 Å². The number of rotatable bonds is 8. The van der Waals surface area contributed by atoms with Crippen LogP contribution in [0.1, 0.15) is 25.3 Å². The molecule has 31 heavy (non-hydrogen) atoms. The highest BCUT2D eigenvalue weighted by Gasteiger charge is 2.11. The summed E-state index contributed by atoms with van der Waals surface area (Å²) >= 11 is 0. The molecule has 8 nitrogen and oxygen atoms in total. The summed E-state index contributed by atoms with van der Waals surface area (Å²) in [5.74, 6) is 1.30. The Hall–Kier alpha value is -3.94. The van der Waals surface area contributed by atoms with Crippen molar-refractivity contribution in [1.29, 1.82) is 0 Å². The Kier molecular flexibility index (Phi) is 6.07. The normalized spacial score (nSPS) is 11.3. The van der Waals surface area contributed by atoms with Gasteiger partial charge >= 0.3 is 0 Å². The lowest BCUT2D eigenvalue weighted by atomic mass is 10.2. The molecule has 0 N–H and O–H groups in total. The first kappa shape index (κ1) is 20.3. The van der Waals surface area contributed by atoms with Crippen molar-refractivity contribution in [2.75, 3.05) is 13.7 Å². The van der Waals surface area contributed by atoms with Crippen LogP contribution in [0.2, 0.25) is 0 Å². The average molecular weight is 417 g/mol. The lowest BCUT2D eigenvalue weighted by Gasteiger charge is -2.10. The molecular weight excluding hydrogens is 394 g/mol. The van der Waals surface area contributed by atoms with Crippen LogP contribution in [0.15, 0.2) is 71.0 Å². The largest absolute Gasteiger partial charge is 0.493 e. The highest BCUT2D eigenvalue weighted by Crippen LogP contribution is 2.27. The Morgan fingerprint density at radius 3 is 2.74 bits per heavy atom. The van der Waals surface area contributed by atoms with Gasteiger partial charge in [0.05, 0.1) is 31.8 Å². The van der Waals surface area contributed by atoms with E-state index in [0.717, 1.165) is 24.1 Å². The highest BCUT2D eigenvalue weighted by molar-refractivity contribution is 5.81. The summed E-state index contributed by atoms with van der Waals surface area (Å²) in [6, 6.07) is 15.0. The second-order valence-corrected chi connectivity index (χ2v) is 6.88. The van der Waals surface area contributed by atoms with Gasteiger partial charge in [0.2, 0.25) is 0 Å². The first-order valence-electron chi connectivity index (χ1n) is 10.1. The van der Waals surface area contributed by atoms with Crippen LogP contribution < -0.4 is 15.0 Å². The molecule has 8 heteroatoms. The molecule has 0 aliphatic rings. The maximum Gasteiger partial charge on any atom is 0.285 e. The van der Waals surface area contributed by atoms with E-state index in [2.05, 4.69) is 22.1 Å². The number of hydrogen-bond acceptors (Lipinski definition) is 6. The molecule has 0 atom stereocenters. The topological polar surface area (TPSA) is 83.5 Å². The van der Waals surface area contributed by atoms with Crippen molar-refractivity contribution in [2.24, 2.45) is 5.10 Å². The minimum absolute atomic E-state index is 0.296. The molecule has 0 amide bonds. The second-order valence-electron chi connectivity index (χ2n) is 6.88. The van der Waals surface area contributed by atoms with Crippen molar-refractivity contribution in [3.05, 3.63) is 77.0 Å². The van der Waals surface area contributed by atoms with E-state index in [1.54, 1.807) is 18.0 Å². The van der Waals surface area contributed by atoms with Gasteiger partial charge in [-0.1, -0.05) is 31.5 Å². The number of methoxy groups -OCH3 is 1. The van der Waals surface area contributed by atoms with Crippen molar-refractivity contribution < 1.29 is 9.47 Å². The van der Waals surface area contributed by atoms with E-state index in [0.29, 0.717) is 29.1 Å². The summed E-state index contributed by atoms with van der Waals surface area (Å²) in [6.07, 6.45) is 6.52. The predicted octanol–water partition coefficient (Wildman–Crippen LogP) is 3.65. The standard InChI is InChI=1S/C23H23N5O3/c1-3-4-12-31-20-11-10-17(13-21(20)30-2)14-25-27-16-24-22-19(23(27)29)15-26-28(22)18-8-6-5-7-9-18/h5-11,13-16H,3-4,12H2,1-2H3/b25-14+. The van der Waals surface area contributed by atoms with Gasteiger partial charge in [-0.25, -0.2) is 9.67 Å². The third-order valence-corrected chi connectivity index (χ3v) is 4.75. The summed E-state index contributed by atoms with van der Waals surface area (Å²) in [5, 5.41) is 8.97. The number of nitrogens with zero attached hydrogens (tertiary/aromatic N) is 5. The molecule has 0 spiro atoms. The number of hydrogen-bond donors (Lipinski definition) is 0. The SMILES string of the molecule is CCCCOc1ccc(/C=N/n2cnc3c(cnn3-c3ccccc3)c2=O)cc1OC. The third kappa shape index (κ3) is 4.32. The molecule has 2 aromatic carbocycles. The Morgan fingerprint density at radius 1 is 1.13 bits per heavy atom. The zero-order valence-electron chi connectivity index (χ0n) is 17.4. The maximum absolute atomic E-state index is 12.8. The van der Waals surface area contributed by atoms with Crippen molar-refractivity contribution in [2.45, 2.75) is 19.8 Å². The van der Waals surface area contributed by atoms with Gasteiger partial charge in [0.15, 0.2) is 17.1 Å². The number of benzene rings is 2. The van der Waals surface area contributed by atoms with E-state index in [9.17, 15) is 4.79 Å². The molecule has 0 aliphatic heterocycles. The quantitative estimate of drug-likeness (QED) is 0.323. The minimum atomic E-state index is -0.296. The van der Waals surface area contributed by atoms with Crippen molar-refractivity contribution in [1.82, 2.24) is 19.4 Å². The molecule has 4 aromatic rings. The van der Waals surface area contributed by atoms with Crippen molar-refractivity contribution in [3.8, 4) is 17.2 Å². The van der Waals surface area contributed by atoms with E-state index in [1.165, 1.54) is 17.2 Å². The fourth-order valence-corrected chi connectivity index (χ4v) is 3.08. The summed E-state index contributed by atoms with van der Waals surface area (Å²) in [4.78, 5) is 17.2. The van der Waals surface area contributed by atoms with Crippen LogP contribution in [-0.2, 0) is 0 Å². The van der Waals surface area contributed by atoms with Crippen LogP contribution in [0.4, 0.5) is 0 Å². The van der Waals surface area contributed by atoms with Gasteiger partial charge in [0.25, 0.3) is 5.56 Å². The van der Waals surface area contributed by atoms with Crippen molar-refractivity contribution >= 4 is 17.2 Å². The maximum atomic E-state index is 12.8. The fourth-order valence-electron chi connectivity index (χ4n) is 3.08. The highest BCUT2D eigenvalue weighted by atomic mass is 16.5. The van der Waals surface area contributed by atoms with E-state index in [4.69, 9.17) is 9.47 Å². The first-order valence-corrected chi connectivity index (χ1v) is 10.1. The molecule has 0 saturated carbocycles. The first-order chi connectivity index (χ1) is 15.2. The van der Waals surface area contributed by atoms with Crippen LogP contribution in [0, 0.1) is 0 Å². The zero-order chi connectivity index (χ0) is 21.6. The Bertz CT molecular complexity index is 1260. The molecule has 0 saturated heterocycles. The Labute approximate surface area is 179 Å². The molecule has 2 heterocycles. The lowest BCUT2D eigenvalue weighted by molar-refractivity contribution is 0.288. The molecule has 4 rings (SSSR count). The van der Waals surface area contributed by atoms with E-state index in [1.807, 2.05) is 48.5 Å². The molecule has 2 aromatic heterocycles. The van der Waals surface area contributed by atoms with Crippen LogP contribution in [0.25, 0.3) is 16.7 Å². The van der Waals surface area contributed by atoms with E-state index in [-0.39, 0.29) is 5.56 Å². The molecule has 0 unspecified atom stereocenters. The molecule has 158 valence electrons. The summed E-state index contributed by atoms with van der Waals surface area (Å²) in [7, 11) is 1.59. The number of unbranched alkanes of at least 4 members (excludes halogenated alkanes) is 1. The predicted molar refractivity (Wildman–Crippen MR) is 120 cm³/mol. The lowest BCUT2D eigenvalue weighted by Crippen LogP contribution is -2.17. The monoisotopic (exact) mass is 417 g/mol. The van der Waals surface area contributed by atoms with Gasteiger partial charge in [0, 0.05) is 0 Å². The summed E-state index contributed by atoms with van der Waals surface area (Å²) in [5.41, 5.74) is 1.79. The van der Waals surface area contributed by atoms with Gasteiger partial charge in [-0.2, -0.15) is 14.9 Å². The summed E-state index contributed by atoms with van der Waals surface area (Å²) < 4.78 is 14.0. The average Bonchev–Trinajstić information content (AvgIpc) is 3.25. The van der Waals surface area contributed by atoms with Crippen LogP contribution >= 0.6 is 0 Å². The van der Waals surface area contributed by atoms with E-state index < -0.39 is 0 Å². The third-order valence-electron chi connectivity index (χ3n) is 4.75. The smallest absolute Gasteiger partial charge is 0.285 e. The molecular formula is C23H23N5O3. The second kappa shape index (κ2) is 9.25. The molecule has 0 aliphatic carbocycles. The van der Waals surface area contributed by atoms with Gasteiger partial charge < -0.3 is 9.47 Å². The van der Waals surface area contributed by atoms with Crippen molar-refractivity contribution in [3.63, 3.8) is 0 Å². The number of aromatic nitrogens is 4. The zero-order valence-corrected chi connectivity index (χ0v) is 17.4. The number of para-hydroxylation sites is 1.